The van der Waals surface area contributed by atoms with Crippen molar-refractivity contribution in [2.24, 2.45) is 5.92 Å². The molecule has 0 aromatic heterocycles. The molecule has 1 saturated heterocycles. The molecule has 2 rings (SSSR count). The second-order valence-electron chi connectivity index (χ2n) is 5.81. The fourth-order valence-corrected chi connectivity index (χ4v) is 3.15. The number of nitrogens with zero attached hydrogens (tertiary/aromatic N) is 1. The lowest BCUT2D eigenvalue weighted by Crippen LogP contribution is -2.49. The van der Waals surface area contributed by atoms with E-state index in [4.69, 9.17) is 0 Å². The Morgan fingerprint density at radius 1 is 1.18 bits per heavy atom. The lowest BCUT2D eigenvalue weighted by atomic mass is 9.92. The normalized spacial score (nSPS) is 30.8. The summed E-state index contributed by atoms with van der Waals surface area (Å²) in [6, 6.07) is 1.01. The molecule has 2 unspecified atom stereocenters. The summed E-state index contributed by atoms with van der Waals surface area (Å²) in [5, 5.41) is 3.42. The predicted octanol–water partition coefficient (Wildman–Crippen LogP) is 2.17. The Morgan fingerprint density at radius 2 is 1.88 bits per heavy atom. The van der Waals surface area contributed by atoms with Crippen LogP contribution in [0.2, 0.25) is 0 Å². The van der Waals surface area contributed by atoms with Gasteiger partial charge in [0.2, 0.25) is 5.91 Å². The van der Waals surface area contributed by atoms with Gasteiger partial charge in [-0.25, -0.2) is 0 Å². The van der Waals surface area contributed by atoms with E-state index in [0.29, 0.717) is 30.5 Å². The van der Waals surface area contributed by atoms with Gasteiger partial charge >= 0.3 is 0 Å². The first-order valence-electron chi connectivity index (χ1n) is 7.21. The summed E-state index contributed by atoms with van der Waals surface area (Å²) in [4.78, 5) is 14.3. The summed E-state index contributed by atoms with van der Waals surface area (Å²) in [7, 11) is 0. The summed E-state index contributed by atoms with van der Waals surface area (Å²) in [6.45, 7) is 5.95. The minimum Gasteiger partial charge on any atom is -0.339 e. The number of piperidine rings is 1. The lowest BCUT2D eigenvalue weighted by molar-refractivity contribution is -0.134. The van der Waals surface area contributed by atoms with Crippen LogP contribution in [0.5, 0.6) is 0 Å². The van der Waals surface area contributed by atoms with E-state index in [1.807, 2.05) is 0 Å². The van der Waals surface area contributed by atoms with Crippen LogP contribution in [-0.4, -0.2) is 36.0 Å². The molecule has 98 valence electrons. The zero-order valence-corrected chi connectivity index (χ0v) is 11.2. The minimum atomic E-state index is 0.302. The molecule has 1 amide bonds. The maximum absolute atomic E-state index is 12.2. The standard InChI is InChI=1S/C14H26N2O/c1-11-6-5-9-16(12(11)2)14(17)10-15-13-7-3-4-8-13/h11-13,15H,3-10H2,1-2H3. The van der Waals surface area contributed by atoms with Crippen LogP contribution in [-0.2, 0) is 4.79 Å². The van der Waals surface area contributed by atoms with Crippen molar-refractivity contribution in [2.45, 2.75) is 64.5 Å². The Labute approximate surface area is 105 Å². The quantitative estimate of drug-likeness (QED) is 0.817. The van der Waals surface area contributed by atoms with Crippen molar-refractivity contribution in [1.29, 1.82) is 0 Å². The minimum absolute atomic E-state index is 0.302. The highest BCUT2D eigenvalue weighted by Crippen LogP contribution is 2.23. The fourth-order valence-electron chi connectivity index (χ4n) is 3.15. The first-order chi connectivity index (χ1) is 8.18. The monoisotopic (exact) mass is 238 g/mol. The van der Waals surface area contributed by atoms with Crippen molar-refractivity contribution >= 4 is 5.91 Å². The Hall–Kier alpha value is -0.570. The molecule has 0 aromatic carbocycles. The van der Waals surface area contributed by atoms with Gasteiger partial charge in [-0.05, 0) is 38.5 Å². The first-order valence-corrected chi connectivity index (χ1v) is 7.21. The van der Waals surface area contributed by atoms with E-state index < -0.39 is 0 Å². The van der Waals surface area contributed by atoms with Gasteiger partial charge in [0.05, 0.1) is 6.54 Å². The first kappa shape index (κ1) is 12.9. The summed E-state index contributed by atoms with van der Waals surface area (Å²) >= 11 is 0. The summed E-state index contributed by atoms with van der Waals surface area (Å²) in [6.07, 6.45) is 7.58. The maximum Gasteiger partial charge on any atom is 0.236 e. The highest BCUT2D eigenvalue weighted by molar-refractivity contribution is 5.78. The number of amides is 1. The molecule has 1 aliphatic heterocycles. The zero-order valence-electron chi connectivity index (χ0n) is 11.2. The summed E-state index contributed by atoms with van der Waals surface area (Å²) in [5.41, 5.74) is 0. The number of hydrogen-bond acceptors (Lipinski definition) is 2. The van der Waals surface area contributed by atoms with Gasteiger partial charge in [-0.1, -0.05) is 19.8 Å². The van der Waals surface area contributed by atoms with E-state index in [1.165, 1.54) is 38.5 Å². The number of likely N-dealkylation sites (tertiary alicyclic amines) is 1. The van der Waals surface area contributed by atoms with Gasteiger partial charge in [0, 0.05) is 18.6 Å². The van der Waals surface area contributed by atoms with E-state index >= 15 is 0 Å². The van der Waals surface area contributed by atoms with Gasteiger partial charge in [-0.3, -0.25) is 4.79 Å². The predicted molar refractivity (Wildman–Crippen MR) is 69.8 cm³/mol. The highest BCUT2D eigenvalue weighted by Gasteiger charge is 2.28. The molecule has 1 aliphatic carbocycles. The van der Waals surface area contributed by atoms with Crippen LogP contribution in [0.1, 0.15) is 52.4 Å². The van der Waals surface area contributed by atoms with Gasteiger partial charge in [0.1, 0.15) is 0 Å². The molecule has 2 aliphatic rings. The Morgan fingerprint density at radius 3 is 2.59 bits per heavy atom. The van der Waals surface area contributed by atoms with E-state index in [9.17, 15) is 4.79 Å². The van der Waals surface area contributed by atoms with Crippen molar-refractivity contribution in [3.8, 4) is 0 Å². The van der Waals surface area contributed by atoms with Gasteiger partial charge in [0.25, 0.3) is 0 Å². The van der Waals surface area contributed by atoms with Crippen molar-refractivity contribution in [3.05, 3.63) is 0 Å². The van der Waals surface area contributed by atoms with Crippen LogP contribution in [0, 0.1) is 5.92 Å². The van der Waals surface area contributed by atoms with Crippen molar-refractivity contribution in [1.82, 2.24) is 10.2 Å². The maximum atomic E-state index is 12.2. The van der Waals surface area contributed by atoms with Gasteiger partial charge in [0.15, 0.2) is 0 Å². The fraction of sp³-hybridized carbons (Fsp3) is 0.929. The molecule has 3 heteroatoms. The second kappa shape index (κ2) is 5.85. The molecule has 1 N–H and O–H groups in total. The van der Waals surface area contributed by atoms with Crippen LogP contribution in [0.3, 0.4) is 0 Å². The largest absolute Gasteiger partial charge is 0.339 e. The average Bonchev–Trinajstić information content (AvgIpc) is 2.82. The number of carbonyl (C=O) groups excluding carboxylic acids is 1. The Balaban J connectivity index is 1.78. The van der Waals surface area contributed by atoms with Crippen LogP contribution < -0.4 is 5.32 Å². The third-order valence-corrected chi connectivity index (χ3v) is 4.59. The zero-order chi connectivity index (χ0) is 12.3. The molecule has 0 radical (unpaired) electrons. The molecule has 2 fully saturated rings. The summed E-state index contributed by atoms with van der Waals surface area (Å²) < 4.78 is 0. The van der Waals surface area contributed by atoms with Crippen LogP contribution >= 0.6 is 0 Å². The Bertz CT molecular complexity index is 261. The molecule has 1 heterocycles. The van der Waals surface area contributed by atoms with Gasteiger partial charge < -0.3 is 10.2 Å². The van der Waals surface area contributed by atoms with Crippen molar-refractivity contribution in [2.75, 3.05) is 13.1 Å². The molecule has 2 atom stereocenters. The molecular weight excluding hydrogens is 212 g/mol. The molecular formula is C14H26N2O. The van der Waals surface area contributed by atoms with Crippen LogP contribution in [0.4, 0.5) is 0 Å². The highest BCUT2D eigenvalue weighted by atomic mass is 16.2. The smallest absolute Gasteiger partial charge is 0.236 e. The topological polar surface area (TPSA) is 32.3 Å². The lowest BCUT2D eigenvalue weighted by Gasteiger charge is -2.38. The van der Waals surface area contributed by atoms with E-state index in [0.717, 1.165) is 6.54 Å². The molecule has 0 aromatic rings. The number of rotatable bonds is 3. The number of hydrogen-bond donors (Lipinski definition) is 1. The van der Waals surface area contributed by atoms with E-state index in [1.54, 1.807) is 0 Å². The van der Waals surface area contributed by atoms with Gasteiger partial charge in [-0.2, -0.15) is 0 Å². The van der Waals surface area contributed by atoms with Crippen molar-refractivity contribution in [3.63, 3.8) is 0 Å². The molecule has 0 bridgehead atoms. The molecule has 17 heavy (non-hydrogen) atoms. The Kier molecular flexibility index (Phi) is 4.43. The van der Waals surface area contributed by atoms with E-state index in [-0.39, 0.29) is 0 Å². The third kappa shape index (κ3) is 3.21. The SMILES string of the molecule is CC1CCCN(C(=O)CNC2CCCC2)C1C. The van der Waals surface area contributed by atoms with E-state index in [2.05, 4.69) is 24.1 Å². The average molecular weight is 238 g/mol. The van der Waals surface area contributed by atoms with Crippen molar-refractivity contribution < 1.29 is 4.79 Å². The number of nitrogens with one attached hydrogen (secondary N) is 1. The second-order valence-corrected chi connectivity index (χ2v) is 5.81. The van der Waals surface area contributed by atoms with Crippen LogP contribution in [0.25, 0.3) is 0 Å². The molecule has 3 nitrogen and oxygen atoms in total. The summed E-state index contributed by atoms with van der Waals surface area (Å²) in [5.74, 6) is 0.954. The third-order valence-electron chi connectivity index (χ3n) is 4.59. The molecule has 1 saturated carbocycles. The number of carbonyl (C=O) groups is 1. The molecule has 0 spiro atoms. The van der Waals surface area contributed by atoms with Gasteiger partial charge in [-0.15, -0.1) is 0 Å². The van der Waals surface area contributed by atoms with Crippen LogP contribution in [0.15, 0.2) is 0 Å².